The number of benzene rings is 10. The van der Waals surface area contributed by atoms with Gasteiger partial charge in [0.05, 0.1) is 39.1 Å². The van der Waals surface area contributed by atoms with Gasteiger partial charge in [0.1, 0.15) is 0 Å². The Hall–Kier alpha value is -7.36. The second-order valence-corrected chi connectivity index (χ2v) is 15.9. The molecule has 0 aliphatic carbocycles. The molecule has 0 fully saturated rings. The molecule has 0 amide bonds. The summed E-state index contributed by atoms with van der Waals surface area (Å²) in [5.41, 5.74) is 11.7. The first kappa shape index (κ1) is 32.8. The van der Waals surface area contributed by atoms with Crippen LogP contribution in [0.5, 0.6) is 0 Å². The van der Waals surface area contributed by atoms with Gasteiger partial charge in [-0.15, -0.1) is 0 Å². The highest BCUT2D eigenvalue weighted by Gasteiger charge is 2.27. The third kappa shape index (κ3) is 4.62. The van der Waals surface area contributed by atoms with Crippen LogP contribution in [0.3, 0.4) is 0 Å². The highest BCUT2D eigenvalue weighted by molar-refractivity contribution is 6.27. The van der Waals surface area contributed by atoms with Crippen molar-refractivity contribution in [3.8, 4) is 11.4 Å². The van der Waals surface area contributed by atoms with Gasteiger partial charge in [-0.2, -0.15) is 0 Å². The van der Waals surface area contributed by atoms with Crippen molar-refractivity contribution >= 4 is 93.0 Å². The van der Waals surface area contributed by atoms with Gasteiger partial charge in [0.15, 0.2) is 0 Å². The molecule has 0 aliphatic rings. The van der Waals surface area contributed by atoms with Crippen molar-refractivity contribution in [3.05, 3.63) is 200 Å². The number of fused-ring (bicyclic) bond motifs is 6. The minimum atomic E-state index is 0.413. The summed E-state index contributed by atoms with van der Waals surface area (Å²) in [6.07, 6.45) is 0. The normalized spacial score (nSPS) is 12.1. The van der Waals surface area contributed by atoms with E-state index in [-0.39, 0.29) is 0 Å². The molecule has 12 aromatic rings. The van der Waals surface area contributed by atoms with Gasteiger partial charge >= 0.3 is 0 Å². The molecule has 10 aromatic carbocycles. The van der Waals surface area contributed by atoms with Gasteiger partial charge < -0.3 is 14.0 Å². The zero-order chi connectivity index (χ0) is 38.5. The van der Waals surface area contributed by atoms with Crippen LogP contribution in [0, 0.1) is 0 Å². The van der Waals surface area contributed by atoms with Gasteiger partial charge in [-0.25, -0.2) is 0 Å². The van der Waals surface area contributed by atoms with E-state index in [9.17, 15) is 0 Å². The monoisotopic (exact) mass is 741 g/mol. The summed E-state index contributed by atoms with van der Waals surface area (Å²) in [6.45, 7) is 4.61. The number of hydrogen-bond donors (Lipinski definition) is 0. The van der Waals surface area contributed by atoms with Crippen molar-refractivity contribution < 1.29 is 0 Å². The van der Waals surface area contributed by atoms with Gasteiger partial charge in [0.25, 0.3) is 0 Å². The van der Waals surface area contributed by atoms with E-state index in [1.807, 2.05) is 0 Å². The third-order valence-corrected chi connectivity index (χ3v) is 12.4. The number of nitrogens with zero attached hydrogens (tertiary/aromatic N) is 3. The van der Waals surface area contributed by atoms with Crippen molar-refractivity contribution in [2.24, 2.45) is 0 Å². The molecule has 274 valence electrons. The zero-order valence-corrected chi connectivity index (χ0v) is 32.4. The number of hydrogen-bond acceptors (Lipinski definition) is 1. The smallest absolute Gasteiger partial charge is 0.0782 e. The fraction of sp³-hybridized carbons (Fsp3) is 0.0545. The first-order valence-corrected chi connectivity index (χ1v) is 20.3. The maximum absolute atomic E-state index is 2.57. The van der Waals surface area contributed by atoms with E-state index in [0.29, 0.717) is 5.92 Å². The summed E-state index contributed by atoms with van der Waals surface area (Å²) in [5, 5.41) is 12.7. The van der Waals surface area contributed by atoms with Crippen molar-refractivity contribution in [1.29, 1.82) is 0 Å². The molecular formula is C55H39N3. The zero-order valence-electron chi connectivity index (χ0n) is 32.4. The molecule has 0 radical (unpaired) electrons. The number of para-hydroxylation sites is 6. The molecular weight excluding hydrogens is 703 g/mol. The first-order chi connectivity index (χ1) is 28.7. The topological polar surface area (TPSA) is 13.1 Å². The van der Waals surface area contributed by atoms with Crippen LogP contribution in [0.15, 0.2) is 194 Å². The maximum atomic E-state index is 2.57. The van der Waals surface area contributed by atoms with E-state index in [0.717, 1.165) is 28.4 Å². The number of aromatic nitrogens is 2. The van der Waals surface area contributed by atoms with Crippen molar-refractivity contribution in [3.63, 3.8) is 0 Å². The molecule has 0 aliphatic heterocycles. The second-order valence-electron chi connectivity index (χ2n) is 15.9. The fourth-order valence-electron chi connectivity index (χ4n) is 9.95. The van der Waals surface area contributed by atoms with Gasteiger partial charge in [-0.1, -0.05) is 153 Å². The molecule has 2 aromatic heterocycles. The van der Waals surface area contributed by atoms with Crippen molar-refractivity contribution in [2.45, 2.75) is 19.8 Å². The van der Waals surface area contributed by atoms with Crippen molar-refractivity contribution in [1.82, 2.24) is 9.13 Å². The summed E-state index contributed by atoms with van der Waals surface area (Å²) < 4.78 is 4.93. The SMILES string of the molecule is CC(C)c1ccc2ccc3c(N(c4cccc5c6ccccc6n(-c6ccccc6)c45)c4cccc5c6ccccc6n(-c6ccccc6)c45)ccc4ccc1c2c43. The quantitative estimate of drug-likeness (QED) is 0.155. The lowest BCUT2D eigenvalue weighted by atomic mass is 9.88. The average molecular weight is 742 g/mol. The fourth-order valence-corrected chi connectivity index (χ4v) is 9.95. The van der Waals surface area contributed by atoms with Crippen LogP contribution in [-0.2, 0) is 0 Å². The van der Waals surface area contributed by atoms with E-state index >= 15 is 0 Å². The first-order valence-electron chi connectivity index (χ1n) is 20.3. The Kier molecular flexibility index (Phi) is 7.12. The van der Waals surface area contributed by atoms with Gasteiger partial charge in [-0.3, -0.25) is 0 Å². The van der Waals surface area contributed by atoms with Crippen LogP contribution in [-0.4, -0.2) is 9.13 Å². The summed E-state index contributed by atoms with van der Waals surface area (Å²) in [6, 6.07) is 71.7. The molecule has 0 bridgehead atoms. The van der Waals surface area contributed by atoms with E-state index in [1.165, 1.54) is 81.5 Å². The predicted molar refractivity (Wildman–Crippen MR) is 248 cm³/mol. The van der Waals surface area contributed by atoms with Gasteiger partial charge in [0.2, 0.25) is 0 Å². The number of anilines is 3. The van der Waals surface area contributed by atoms with Gasteiger partial charge in [-0.05, 0) is 93.0 Å². The Morgan fingerprint density at radius 1 is 0.345 bits per heavy atom. The molecule has 0 atom stereocenters. The van der Waals surface area contributed by atoms with Crippen molar-refractivity contribution in [2.75, 3.05) is 4.90 Å². The molecule has 0 saturated heterocycles. The number of rotatable bonds is 6. The van der Waals surface area contributed by atoms with E-state index in [1.54, 1.807) is 0 Å². The highest BCUT2D eigenvalue weighted by Crippen LogP contribution is 2.50. The third-order valence-electron chi connectivity index (χ3n) is 12.4. The second kappa shape index (κ2) is 12.6. The Balaban J connectivity index is 1.28. The summed E-state index contributed by atoms with van der Waals surface area (Å²) in [7, 11) is 0. The summed E-state index contributed by atoms with van der Waals surface area (Å²) >= 11 is 0. The molecule has 3 heteroatoms. The molecule has 2 heterocycles. The minimum absolute atomic E-state index is 0.413. The standard InChI is InChI=1S/C55H39N3/c1-35(2)40-31-27-36-29-33-46-49(34-30-37-28-32-43(40)52(36)53(37)46)58(50-25-13-21-44-41-19-9-11-23-47(41)56(54(44)50)38-15-5-3-6-16-38)51-26-14-22-45-42-20-10-12-24-48(42)57(55(45)51)39-17-7-4-8-18-39/h3-35H,1-2H3. The van der Waals surface area contributed by atoms with Gasteiger partial charge in [0, 0.05) is 38.3 Å². The largest absolute Gasteiger partial charge is 0.307 e. The predicted octanol–water partition coefficient (Wildman–Crippen LogP) is 15.4. The molecule has 0 N–H and O–H groups in total. The van der Waals surface area contributed by atoms with Crippen LogP contribution in [0.1, 0.15) is 25.3 Å². The molecule has 12 rings (SSSR count). The minimum Gasteiger partial charge on any atom is -0.307 e. The van der Waals surface area contributed by atoms with E-state index in [2.05, 4.69) is 222 Å². The Morgan fingerprint density at radius 2 is 0.793 bits per heavy atom. The summed E-state index contributed by atoms with van der Waals surface area (Å²) in [4.78, 5) is 2.57. The lowest BCUT2D eigenvalue weighted by Crippen LogP contribution is -2.14. The van der Waals surface area contributed by atoms with Crippen LogP contribution >= 0.6 is 0 Å². The lowest BCUT2D eigenvalue weighted by Gasteiger charge is -2.30. The van der Waals surface area contributed by atoms with Crippen LogP contribution in [0.4, 0.5) is 17.1 Å². The van der Waals surface area contributed by atoms with Crippen LogP contribution < -0.4 is 4.90 Å². The Bertz CT molecular complexity index is 3380. The summed E-state index contributed by atoms with van der Waals surface area (Å²) in [5.74, 6) is 0.413. The molecule has 0 unspecified atom stereocenters. The Morgan fingerprint density at radius 3 is 1.34 bits per heavy atom. The highest BCUT2D eigenvalue weighted by atomic mass is 15.2. The molecule has 3 nitrogen and oxygen atoms in total. The molecule has 58 heavy (non-hydrogen) atoms. The van der Waals surface area contributed by atoms with E-state index < -0.39 is 0 Å². The molecule has 0 saturated carbocycles. The van der Waals surface area contributed by atoms with Crippen LogP contribution in [0.2, 0.25) is 0 Å². The molecule has 0 spiro atoms. The maximum Gasteiger partial charge on any atom is 0.0782 e. The Labute approximate surface area is 336 Å². The van der Waals surface area contributed by atoms with Crippen LogP contribution in [0.25, 0.3) is 87.3 Å². The van der Waals surface area contributed by atoms with E-state index in [4.69, 9.17) is 0 Å². The lowest BCUT2D eigenvalue weighted by molar-refractivity contribution is 0.877. The average Bonchev–Trinajstić information content (AvgIpc) is 3.80.